The van der Waals surface area contributed by atoms with Crippen molar-refractivity contribution in [3.63, 3.8) is 0 Å². The number of nitrogens with one attached hydrogen (secondary N) is 1. The van der Waals surface area contributed by atoms with Crippen LogP contribution in [-0.2, 0) is 0 Å². The third-order valence-electron chi connectivity index (χ3n) is 7.10. The SMILES string of the molecule is CC1=C(C[N+](=O)[O-])CN1c1ccc(C(C)C)c2cc(Nc3ccnc(-c4cnn(C5CC5)c4)n3)ncc12. The zero-order chi connectivity index (χ0) is 25.7. The predicted molar refractivity (Wildman–Crippen MR) is 143 cm³/mol. The number of hydrogen-bond acceptors (Lipinski definition) is 8. The normalized spacial score (nSPS) is 15.4. The van der Waals surface area contributed by atoms with Crippen molar-refractivity contribution in [1.29, 1.82) is 0 Å². The molecule has 3 aromatic heterocycles. The van der Waals surface area contributed by atoms with Crippen molar-refractivity contribution in [2.24, 2.45) is 0 Å². The smallest absolute Gasteiger partial charge is 0.228 e. The summed E-state index contributed by atoms with van der Waals surface area (Å²) in [6.45, 7) is 6.73. The van der Waals surface area contributed by atoms with Crippen LogP contribution in [0.2, 0.25) is 0 Å². The number of rotatable bonds is 8. The second-order valence-corrected chi connectivity index (χ2v) is 10.0. The fraction of sp³-hybridized carbons (Fsp3) is 0.333. The van der Waals surface area contributed by atoms with E-state index in [2.05, 4.69) is 52.3 Å². The second-order valence-electron chi connectivity index (χ2n) is 10.0. The van der Waals surface area contributed by atoms with Crippen LogP contribution in [0.3, 0.4) is 0 Å². The molecule has 1 aliphatic carbocycles. The van der Waals surface area contributed by atoms with Gasteiger partial charge in [-0.3, -0.25) is 14.8 Å². The number of benzene rings is 1. The highest BCUT2D eigenvalue weighted by Gasteiger charge is 2.29. The summed E-state index contributed by atoms with van der Waals surface area (Å²) in [6.07, 6.45) is 9.77. The number of pyridine rings is 1. The molecule has 0 saturated heterocycles. The van der Waals surface area contributed by atoms with Gasteiger partial charge in [0.2, 0.25) is 6.54 Å². The molecule has 10 nitrogen and oxygen atoms in total. The van der Waals surface area contributed by atoms with E-state index in [0.717, 1.165) is 33.3 Å². The molecule has 10 heteroatoms. The van der Waals surface area contributed by atoms with E-state index in [4.69, 9.17) is 9.97 Å². The molecule has 6 rings (SSSR count). The molecule has 0 bridgehead atoms. The molecule has 1 fully saturated rings. The Morgan fingerprint density at radius 3 is 2.70 bits per heavy atom. The van der Waals surface area contributed by atoms with Crippen LogP contribution in [0, 0.1) is 10.1 Å². The molecule has 0 unspecified atom stereocenters. The van der Waals surface area contributed by atoms with Crippen molar-refractivity contribution in [3.8, 4) is 11.4 Å². The first-order chi connectivity index (χ1) is 17.9. The molecule has 1 aliphatic heterocycles. The van der Waals surface area contributed by atoms with E-state index in [0.29, 0.717) is 36.0 Å². The van der Waals surface area contributed by atoms with Gasteiger partial charge in [-0.15, -0.1) is 0 Å². The molecule has 1 aromatic carbocycles. The Morgan fingerprint density at radius 2 is 1.97 bits per heavy atom. The largest absolute Gasteiger partial charge is 0.340 e. The van der Waals surface area contributed by atoms with E-state index in [1.807, 2.05) is 36.3 Å². The van der Waals surface area contributed by atoms with Crippen molar-refractivity contribution in [3.05, 3.63) is 76.0 Å². The van der Waals surface area contributed by atoms with Crippen LogP contribution in [-0.4, -0.2) is 42.7 Å². The van der Waals surface area contributed by atoms with Crippen LogP contribution in [0.5, 0.6) is 0 Å². The minimum absolute atomic E-state index is 0.112. The van der Waals surface area contributed by atoms with Crippen molar-refractivity contribution < 1.29 is 4.92 Å². The average Bonchev–Trinajstić information content (AvgIpc) is 3.61. The van der Waals surface area contributed by atoms with E-state index in [9.17, 15) is 10.1 Å². The summed E-state index contributed by atoms with van der Waals surface area (Å²) in [5.41, 5.74) is 4.92. The molecular formula is C27H28N8O2. The minimum atomic E-state index is -0.270. The molecule has 0 atom stereocenters. The number of aromatic nitrogens is 5. The lowest BCUT2D eigenvalue weighted by atomic mass is 9.94. The zero-order valence-corrected chi connectivity index (χ0v) is 21.0. The third kappa shape index (κ3) is 4.39. The Morgan fingerprint density at radius 1 is 1.14 bits per heavy atom. The van der Waals surface area contributed by atoms with Crippen molar-refractivity contribution in [2.45, 2.75) is 45.6 Å². The van der Waals surface area contributed by atoms with Gasteiger partial charge in [0.05, 0.1) is 30.0 Å². The lowest BCUT2D eigenvalue weighted by molar-refractivity contribution is -0.471. The van der Waals surface area contributed by atoms with Crippen LogP contribution < -0.4 is 10.2 Å². The summed E-state index contributed by atoms with van der Waals surface area (Å²) in [5, 5.41) is 20.9. The number of hydrogen-bond donors (Lipinski definition) is 1. The molecule has 1 saturated carbocycles. The quantitative estimate of drug-likeness (QED) is 0.253. The predicted octanol–water partition coefficient (Wildman–Crippen LogP) is 5.46. The number of nitrogens with zero attached hydrogens (tertiary/aromatic N) is 7. The maximum Gasteiger partial charge on any atom is 0.228 e. The summed E-state index contributed by atoms with van der Waals surface area (Å²) in [6, 6.07) is 8.62. The van der Waals surface area contributed by atoms with E-state index >= 15 is 0 Å². The Labute approximate surface area is 214 Å². The molecule has 0 spiro atoms. The first-order valence-corrected chi connectivity index (χ1v) is 12.5. The molecule has 0 radical (unpaired) electrons. The fourth-order valence-corrected chi connectivity index (χ4v) is 4.85. The van der Waals surface area contributed by atoms with Crippen LogP contribution >= 0.6 is 0 Å². The Kier molecular flexibility index (Phi) is 5.58. The van der Waals surface area contributed by atoms with Crippen molar-refractivity contribution in [1.82, 2.24) is 24.7 Å². The van der Waals surface area contributed by atoms with Crippen LogP contribution in [0.15, 0.2) is 60.3 Å². The van der Waals surface area contributed by atoms with Gasteiger partial charge in [0.25, 0.3) is 0 Å². The lowest BCUT2D eigenvalue weighted by Gasteiger charge is -2.37. The molecule has 37 heavy (non-hydrogen) atoms. The van der Waals surface area contributed by atoms with Gasteiger partial charge >= 0.3 is 0 Å². The van der Waals surface area contributed by atoms with E-state index in [-0.39, 0.29) is 11.5 Å². The summed E-state index contributed by atoms with van der Waals surface area (Å²) < 4.78 is 1.99. The molecule has 2 aliphatic rings. The highest BCUT2D eigenvalue weighted by molar-refractivity contribution is 5.99. The van der Waals surface area contributed by atoms with Gasteiger partial charge < -0.3 is 10.2 Å². The van der Waals surface area contributed by atoms with Gasteiger partial charge in [-0.2, -0.15) is 5.10 Å². The molecule has 0 amide bonds. The summed E-state index contributed by atoms with van der Waals surface area (Å²) in [5.74, 6) is 2.28. The molecular weight excluding hydrogens is 468 g/mol. The van der Waals surface area contributed by atoms with Crippen molar-refractivity contribution in [2.75, 3.05) is 23.3 Å². The first-order valence-electron chi connectivity index (χ1n) is 12.5. The maximum atomic E-state index is 11.0. The van der Waals surface area contributed by atoms with Gasteiger partial charge in [-0.25, -0.2) is 15.0 Å². The number of anilines is 3. The Bertz CT molecular complexity index is 1550. The highest BCUT2D eigenvalue weighted by Crippen LogP contribution is 2.39. The molecule has 4 heterocycles. The van der Waals surface area contributed by atoms with Gasteiger partial charge in [0.1, 0.15) is 11.6 Å². The lowest BCUT2D eigenvalue weighted by Crippen LogP contribution is -2.37. The van der Waals surface area contributed by atoms with Crippen molar-refractivity contribution >= 4 is 28.1 Å². The average molecular weight is 497 g/mol. The molecule has 1 N–H and O–H groups in total. The highest BCUT2D eigenvalue weighted by atomic mass is 16.6. The van der Waals surface area contributed by atoms with Gasteiger partial charge in [-0.1, -0.05) is 19.9 Å². The second kappa shape index (κ2) is 8.95. The minimum Gasteiger partial charge on any atom is -0.340 e. The fourth-order valence-electron chi connectivity index (χ4n) is 4.85. The van der Waals surface area contributed by atoms with E-state index < -0.39 is 0 Å². The Balaban J connectivity index is 1.31. The Hall–Kier alpha value is -4.34. The summed E-state index contributed by atoms with van der Waals surface area (Å²) in [7, 11) is 0. The van der Waals surface area contributed by atoms with Gasteiger partial charge in [0, 0.05) is 40.2 Å². The van der Waals surface area contributed by atoms with Crippen LogP contribution in [0.1, 0.15) is 51.1 Å². The van der Waals surface area contributed by atoms with Gasteiger partial charge in [0.15, 0.2) is 5.82 Å². The van der Waals surface area contributed by atoms with Gasteiger partial charge in [-0.05, 0) is 54.8 Å². The monoisotopic (exact) mass is 496 g/mol. The van der Waals surface area contributed by atoms with Crippen LogP contribution in [0.4, 0.5) is 17.3 Å². The van der Waals surface area contributed by atoms with Crippen LogP contribution in [0.25, 0.3) is 22.2 Å². The molecule has 4 aromatic rings. The number of nitro groups is 1. The molecule has 188 valence electrons. The zero-order valence-electron chi connectivity index (χ0n) is 21.0. The summed E-state index contributed by atoms with van der Waals surface area (Å²) in [4.78, 5) is 26.6. The maximum absolute atomic E-state index is 11.0. The number of fused-ring (bicyclic) bond motifs is 1. The standard InChI is InChI=1S/C27H28N8O2/c1-16(2)21-6-7-24(33-13-19(17(33)3)15-35(36)37)23-12-29-26(10-22(21)23)31-25-8-9-28-27(32-25)18-11-30-34(14-18)20-4-5-20/h6-12,14,16,20H,4-5,13,15H2,1-3H3,(H,28,29,31,32). The third-order valence-corrected chi connectivity index (χ3v) is 7.10. The van der Waals surface area contributed by atoms with E-state index in [1.54, 1.807) is 6.20 Å². The van der Waals surface area contributed by atoms with E-state index in [1.165, 1.54) is 18.4 Å². The topological polar surface area (TPSA) is 115 Å². The first kappa shape index (κ1) is 23.1. The summed E-state index contributed by atoms with van der Waals surface area (Å²) >= 11 is 0. The number of allylic oxidation sites excluding steroid dienone is 1.